The van der Waals surface area contributed by atoms with Crippen LogP contribution in [0.1, 0.15) is 31.8 Å². The largest absolute Gasteiger partial charge is 0.324 e. The lowest BCUT2D eigenvalue weighted by atomic mass is 10.0. The topological polar surface area (TPSA) is 84.3 Å². The third kappa shape index (κ3) is 4.23. The van der Waals surface area contributed by atoms with Gasteiger partial charge in [0.25, 0.3) is 11.8 Å². The second-order valence-corrected chi connectivity index (χ2v) is 8.12. The van der Waals surface area contributed by atoms with E-state index in [0.717, 1.165) is 16.0 Å². The third-order valence-corrected chi connectivity index (χ3v) is 5.81. The molecule has 34 heavy (non-hydrogen) atoms. The number of nitrogens with one attached hydrogen (secondary N) is 1. The summed E-state index contributed by atoms with van der Waals surface area (Å²) < 4.78 is 1.79. The molecule has 5 rings (SSSR count). The van der Waals surface area contributed by atoms with Crippen molar-refractivity contribution in [2.75, 3.05) is 5.32 Å². The number of carbonyl (C=O) groups is 3. The van der Waals surface area contributed by atoms with E-state index in [0.29, 0.717) is 23.4 Å². The smallest absolute Gasteiger partial charge is 0.262 e. The van der Waals surface area contributed by atoms with E-state index < -0.39 is 23.8 Å². The summed E-state index contributed by atoms with van der Waals surface area (Å²) in [4.78, 5) is 40.9. The molecule has 1 unspecified atom stereocenters. The Bertz CT molecular complexity index is 1310. The first-order valence-electron chi connectivity index (χ1n) is 11.0. The normalized spacial score (nSPS) is 13.6. The number of hydrogen-bond donors (Lipinski definition) is 1. The van der Waals surface area contributed by atoms with Crippen molar-refractivity contribution >= 4 is 23.4 Å². The first kappa shape index (κ1) is 21.3. The fourth-order valence-electron chi connectivity index (χ4n) is 4.18. The number of aromatic nitrogens is 2. The highest BCUT2D eigenvalue weighted by Gasteiger charge is 2.42. The average molecular weight is 450 g/mol. The van der Waals surface area contributed by atoms with Crippen LogP contribution in [0.3, 0.4) is 0 Å². The van der Waals surface area contributed by atoms with Gasteiger partial charge >= 0.3 is 0 Å². The van der Waals surface area contributed by atoms with Crippen LogP contribution in [0.25, 0.3) is 0 Å². The van der Waals surface area contributed by atoms with Crippen LogP contribution in [0, 0.1) is 0 Å². The number of nitrogens with zero attached hydrogens (tertiary/aromatic N) is 3. The van der Waals surface area contributed by atoms with Crippen molar-refractivity contribution in [3.05, 3.63) is 120 Å². The van der Waals surface area contributed by atoms with Crippen molar-refractivity contribution in [2.24, 2.45) is 0 Å². The zero-order valence-electron chi connectivity index (χ0n) is 18.3. The molecule has 1 N–H and O–H groups in total. The fourth-order valence-corrected chi connectivity index (χ4v) is 4.18. The lowest BCUT2D eigenvalue weighted by molar-refractivity contribution is -0.119. The number of anilines is 1. The Labute approximate surface area is 196 Å². The van der Waals surface area contributed by atoms with E-state index in [9.17, 15) is 14.4 Å². The highest BCUT2D eigenvalue weighted by Crippen LogP contribution is 2.27. The van der Waals surface area contributed by atoms with Gasteiger partial charge in [0.1, 0.15) is 6.04 Å². The predicted octanol–water partition coefficient (Wildman–Crippen LogP) is 3.78. The van der Waals surface area contributed by atoms with Crippen LogP contribution >= 0.6 is 0 Å². The molecular formula is C27H22N4O3. The van der Waals surface area contributed by atoms with E-state index in [1.807, 2.05) is 60.8 Å². The summed E-state index contributed by atoms with van der Waals surface area (Å²) in [5.74, 6) is -1.33. The predicted molar refractivity (Wildman–Crippen MR) is 127 cm³/mol. The molecule has 0 fully saturated rings. The molecule has 1 aromatic heterocycles. The number of benzene rings is 3. The van der Waals surface area contributed by atoms with E-state index >= 15 is 0 Å². The zero-order valence-corrected chi connectivity index (χ0v) is 18.3. The molecule has 0 spiro atoms. The van der Waals surface area contributed by atoms with Crippen molar-refractivity contribution in [2.45, 2.75) is 19.0 Å². The molecule has 1 aliphatic heterocycles. The van der Waals surface area contributed by atoms with Gasteiger partial charge in [0.2, 0.25) is 5.91 Å². The maximum Gasteiger partial charge on any atom is 0.262 e. The quantitative estimate of drug-likeness (QED) is 0.435. The molecule has 0 saturated heterocycles. The number of amides is 3. The van der Waals surface area contributed by atoms with Gasteiger partial charge in [-0.1, -0.05) is 54.6 Å². The molecule has 168 valence electrons. The van der Waals surface area contributed by atoms with Gasteiger partial charge in [-0.3, -0.25) is 24.0 Å². The van der Waals surface area contributed by atoms with Crippen LogP contribution in [-0.2, 0) is 17.8 Å². The minimum atomic E-state index is -0.996. The summed E-state index contributed by atoms with van der Waals surface area (Å²) in [6.45, 7) is 0.558. The highest BCUT2D eigenvalue weighted by atomic mass is 16.2. The van der Waals surface area contributed by atoms with Crippen molar-refractivity contribution in [3.8, 4) is 0 Å². The maximum absolute atomic E-state index is 13.5. The summed E-state index contributed by atoms with van der Waals surface area (Å²) in [5.41, 5.74) is 3.04. The Balaban J connectivity index is 1.42. The van der Waals surface area contributed by atoms with Gasteiger partial charge in [-0.05, 0) is 41.5 Å². The summed E-state index contributed by atoms with van der Waals surface area (Å²) >= 11 is 0. The molecule has 3 aromatic carbocycles. The average Bonchev–Trinajstić information content (AvgIpc) is 3.45. The molecule has 0 saturated carbocycles. The molecule has 0 aliphatic carbocycles. The maximum atomic E-state index is 13.5. The van der Waals surface area contributed by atoms with Gasteiger partial charge in [-0.15, -0.1) is 0 Å². The van der Waals surface area contributed by atoms with Gasteiger partial charge in [0.15, 0.2) is 0 Å². The Morgan fingerprint density at radius 2 is 1.50 bits per heavy atom. The minimum absolute atomic E-state index is 0.213. The summed E-state index contributed by atoms with van der Waals surface area (Å²) in [6.07, 6.45) is 3.79. The Hall–Kier alpha value is -4.52. The standard InChI is InChI=1S/C27H22N4O3/c32-25(29-21-11-6-10-20(16-21)18-30-15-7-14-28-30)24(17-19-8-2-1-3-9-19)31-26(33)22-12-4-5-13-23(22)27(31)34/h1-16,24H,17-18H2,(H,29,32). The minimum Gasteiger partial charge on any atom is -0.324 e. The van der Waals surface area contributed by atoms with Crippen LogP contribution in [-0.4, -0.2) is 38.4 Å². The van der Waals surface area contributed by atoms with Crippen molar-refractivity contribution in [1.29, 1.82) is 0 Å². The van der Waals surface area contributed by atoms with Crippen LogP contribution in [0.15, 0.2) is 97.3 Å². The number of rotatable bonds is 7. The lowest BCUT2D eigenvalue weighted by Crippen LogP contribution is -2.48. The zero-order chi connectivity index (χ0) is 23.5. The molecule has 2 heterocycles. The van der Waals surface area contributed by atoms with E-state index in [2.05, 4.69) is 10.4 Å². The number of imide groups is 1. The molecule has 0 radical (unpaired) electrons. The van der Waals surface area contributed by atoms with Crippen LogP contribution in [0.4, 0.5) is 5.69 Å². The Kier molecular flexibility index (Phi) is 5.74. The molecule has 1 atom stereocenters. The molecule has 7 nitrogen and oxygen atoms in total. The van der Waals surface area contributed by atoms with E-state index in [1.165, 1.54) is 0 Å². The molecular weight excluding hydrogens is 428 g/mol. The van der Waals surface area contributed by atoms with E-state index in [4.69, 9.17) is 0 Å². The van der Waals surface area contributed by atoms with Gasteiger partial charge in [-0.2, -0.15) is 5.10 Å². The molecule has 4 aromatic rings. The fraction of sp³-hybridized carbons (Fsp3) is 0.111. The number of fused-ring (bicyclic) bond motifs is 1. The first-order chi connectivity index (χ1) is 16.6. The van der Waals surface area contributed by atoms with Crippen molar-refractivity contribution in [1.82, 2.24) is 14.7 Å². The van der Waals surface area contributed by atoms with Gasteiger partial charge < -0.3 is 5.32 Å². The molecule has 3 amide bonds. The Morgan fingerprint density at radius 3 is 2.18 bits per heavy atom. The second kappa shape index (κ2) is 9.15. The summed E-state index contributed by atoms with van der Waals surface area (Å²) in [7, 11) is 0. The molecule has 1 aliphatic rings. The Morgan fingerprint density at radius 1 is 0.824 bits per heavy atom. The molecule has 7 heteroatoms. The third-order valence-electron chi connectivity index (χ3n) is 5.81. The first-order valence-corrected chi connectivity index (χ1v) is 11.0. The van der Waals surface area contributed by atoms with Crippen molar-refractivity contribution in [3.63, 3.8) is 0 Å². The number of hydrogen-bond acceptors (Lipinski definition) is 4. The van der Waals surface area contributed by atoms with Crippen LogP contribution in [0.2, 0.25) is 0 Å². The van der Waals surface area contributed by atoms with E-state index in [-0.39, 0.29) is 6.42 Å². The van der Waals surface area contributed by atoms with Gasteiger partial charge in [0.05, 0.1) is 17.7 Å². The summed E-state index contributed by atoms with van der Waals surface area (Å²) in [6, 6.07) is 24.3. The van der Waals surface area contributed by atoms with Crippen LogP contribution < -0.4 is 5.32 Å². The molecule has 0 bridgehead atoms. The van der Waals surface area contributed by atoms with E-state index in [1.54, 1.807) is 41.2 Å². The number of carbonyl (C=O) groups excluding carboxylic acids is 3. The van der Waals surface area contributed by atoms with Crippen LogP contribution in [0.5, 0.6) is 0 Å². The summed E-state index contributed by atoms with van der Waals surface area (Å²) in [5, 5.41) is 7.13. The lowest BCUT2D eigenvalue weighted by Gasteiger charge is -2.25. The second-order valence-electron chi connectivity index (χ2n) is 8.12. The van der Waals surface area contributed by atoms with Gasteiger partial charge in [0, 0.05) is 24.5 Å². The monoisotopic (exact) mass is 450 g/mol. The highest BCUT2D eigenvalue weighted by molar-refractivity contribution is 6.23. The SMILES string of the molecule is O=C(Nc1cccc(Cn2cccn2)c1)C(Cc1ccccc1)N1C(=O)c2ccccc2C1=O. The van der Waals surface area contributed by atoms with Crippen molar-refractivity contribution < 1.29 is 14.4 Å². The van der Waals surface area contributed by atoms with Gasteiger partial charge in [-0.25, -0.2) is 0 Å².